The molecule has 1 aliphatic rings. The van der Waals surface area contributed by atoms with Crippen molar-refractivity contribution in [2.45, 2.75) is 11.6 Å². The highest BCUT2D eigenvalue weighted by Crippen LogP contribution is 2.20. The van der Waals surface area contributed by atoms with Crippen LogP contribution in [0, 0.1) is 0 Å². The molecule has 0 N–H and O–H groups in total. The lowest BCUT2D eigenvalue weighted by Gasteiger charge is -2.34. The van der Waals surface area contributed by atoms with Crippen LogP contribution in [0.15, 0.2) is 64.0 Å². The number of aromatic nitrogens is 3. The van der Waals surface area contributed by atoms with Gasteiger partial charge in [-0.2, -0.15) is 4.31 Å². The molecule has 4 rings (SSSR count). The molecule has 4 heterocycles. The SMILES string of the molecule is O=c1scc(-c2ccccn2)n1CN1CCN(S(=O)(=O)c2cccnc2)CC1. The Kier molecular flexibility index (Phi) is 5.36. The fourth-order valence-electron chi connectivity index (χ4n) is 3.14. The third-order valence-electron chi connectivity index (χ3n) is 4.65. The van der Waals surface area contributed by atoms with E-state index in [0.717, 1.165) is 22.7 Å². The van der Waals surface area contributed by atoms with Gasteiger partial charge in [-0.05, 0) is 24.3 Å². The molecule has 1 saturated heterocycles. The smallest absolute Gasteiger partial charge is 0.284 e. The predicted octanol–water partition coefficient (Wildman–Crippen LogP) is 1.33. The Morgan fingerprint density at radius 3 is 2.54 bits per heavy atom. The van der Waals surface area contributed by atoms with E-state index in [2.05, 4.69) is 14.9 Å². The van der Waals surface area contributed by atoms with Crippen molar-refractivity contribution in [1.82, 2.24) is 23.7 Å². The fraction of sp³-hybridized carbons (Fsp3) is 0.278. The van der Waals surface area contributed by atoms with Crippen molar-refractivity contribution in [3.8, 4) is 11.4 Å². The quantitative estimate of drug-likeness (QED) is 0.622. The zero-order valence-electron chi connectivity index (χ0n) is 15.0. The maximum Gasteiger partial charge on any atom is 0.308 e. The number of rotatable bonds is 5. The first kappa shape index (κ1) is 18.9. The van der Waals surface area contributed by atoms with Crippen LogP contribution in [0.3, 0.4) is 0 Å². The molecule has 0 amide bonds. The average Bonchev–Trinajstić information content (AvgIpc) is 3.10. The number of nitrogens with zero attached hydrogens (tertiary/aromatic N) is 5. The van der Waals surface area contributed by atoms with Gasteiger partial charge in [-0.1, -0.05) is 17.4 Å². The van der Waals surface area contributed by atoms with Crippen LogP contribution in [0.2, 0.25) is 0 Å². The van der Waals surface area contributed by atoms with Gasteiger partial charge < -0.3 is 0 Å². The van der Waals surface area contributed by atoms with Crippen molar-refractivity contribution in [3.63, 3.8) is 0 Å². The van der Waals surface area contributed by atoms with Crippen LogP contribution >= 0.6 is 11.3 Å². The molecule has 0 bridgehead atoms. The molecule has 0 atom stereocenters. The van der Waals surface area contributed by atoms with Gasteiger partial charge in [-0.25, -0.2) is 8.42 Å². The summed E-state index contributed by atoms with van der Waals surface area (Å²) in [7, 11) is -3.54. The summed E-state index contributed by atoms with van der Waals surface area (Å²) in [4.78, 5) is 22.8. The first-order valence-electron chi connectivity index (χ1n) is 8.78. The highest BCUT2D eigenvalue weighted by atomic mass is 32.2. The second-order valence-corrected chi connectivity index (χ2v) is 9.14. The third kappa shape index (κ3) is 3.76. The molecule has 1 fully saturated rings. The van der Waals surface area contributed by atoms with Crippen LogP contribution < -0.4 is 4.87 Å². The van der Waals surface area contributed by atoms with Crippen LogP contribution in [-0.2, 0) is 16.7 Å². The largest absolute Gasteiger partial charge is 0.308 e. The third-order valence-corrected chi connectivity index (χ3v) is 7.30. The summed E-state index contributed by atoms with van der Waals surface area (Å²) in [6.45, 7) is 2.24. The maximum absolute atomic E-state index is 12.7. The van der Waals surface area contributed by atoms with Crippen molar-refractivity contribution in [2.24, 2.45) is 0 Å². The number of pyridine rings is 2. The van der Waals surface area contributed by atoms with E-state index in [-0.39, 0.29) is 9.77 Å². The maximum atomic E-state index is 12.7. The lowest BCUT2D eigenvalue weighted by atomic mass is 10.3. The molecule has 1 aliphatic heterocycles. The molecular formula is C18H19N5O3S2. The van der Waals surface area contributed by atoms with Crippen LogP contribution in [0.5, 0.6) is 0 Å². The average molecular weight is 418 g/mol. The topological polar surface area (TPSA) is 88.4 Å². The van der Waals surface area contributed by atoms with Gasteiger partial charge >= 0.3 is 4.87 Å². The standard InChI is InChI=1S/C18H19N5O3S2/c24-18-23(17(13-27-18)16-5-1-2-7-20-16)14-21-8-10-22(11-9-21)28(25,26)15-4-3-6-19-12-15/h1-7,12-13H,8-11,14H2. The molecule has 0 aliphatic carbocycles. The minimum atomic E-state index is -3.54. The summed E-state index contributed by atoms with van der Waals surface area (Å²) in [5, 5.41) is 1.81. The molecule has 0 unspecified atom stereocenters. The predicted molar refractivity (Wildman–Crippen MR) is 106 cm³/mol. The summed E-state index contributed by atoms with van der Waals surface area (Å²) in [6.07, 6.45) is 4.62. The Morgan fingerprint density at radius 2 is 1.86 bits per heavy atom. The van der Waals surface area contributed by atoms with Crippen LogP contribution in [0.25, 0.3) is 11.4 Å². The Morgan fingerprint density at radius 1 is 1.04 bits per heavy atom. The summed E-state index contributed by atoms with van der Waals surface area (Å²) >= 11 is 1.14. The Balaban J connectivity index is 1.46. The highest BCUT2D eigenvalue weighted by molar-refractivity contribution is 7.89. The van der Waals surface area contributed by atoms with Crippen molar-refractivity contribution in [1.29, 1.82) is 0 Å². The van der Waals surface area contributed by atoms with Gasteiger partial charge in [0.2, 0.25) is 10.0 Å². The minimum absolute atomic E-state index is 0.0499. The summed E-state index contributed by atoms with van der Waals surface area (Å²) in [6, 6.07) is 8.76. The zero-order chi connectivity index (χ0) is 19.6. The van der Waals surface area contributed by atoms with E-state index in [4.69, 9.17) is 0 Å². The molecular weight excluding hydrogens is 398 g/mol. The van der Waals surface area contributed by atoms with E-state index >= 15 is 0 Å². The van der Waals surface area contributed by atoms with Crippen LogP contribution in [0.4, 0.5) is 0 Å². The molecule has 3 aromatic rings. The molecule has 8 nitrogen and oxygen atoms in total. The highest BCUT2D eigenvalue weighted by Gasteiger charge is 2.29. The lowest BCUT2D eigenvalue weighted by Crippen LogP contribution is -2.49. The Labute approximate surface area is 166 Å². The molecule has 28 heavy (non-hydrogen) atoms. The van der Waals surface area contributed by atoms with Crippen molar-refractivity contribution in [2.75, 3.05) is 26.2 Å². The first-order chi connectivity index (χ1) is 13.6. The summed E-state index contributed by atoms with van der Waals surface area (Å²) in [5.41, 5.74) is 1.53. The van der Waals surface area contributed by atoms with E-state index < -0.39 is 10.0 Å². The minimum Gasteiger partial charge on any atom is -0.284 e. The van der Waals surface area contributed by atoms with E-state index in [0.29, 0.717) is 32.8 Å². The van der Waals surface area contributed by atoms with Crippen molar-refractivity contribution in [3.05, 3.63) is 64.0 Å². The van der Waals surface area contributed by atoms with Gasteiger partial charge in [0.05, 0.1) is 18.1 Å². The van der Waals surface area contributed by atoms with Crippen molar-refractivity contribution >= 4 is 21.4 Å². The lowest BCUT2D eigenvalue weighted by molar-refractivity contribution is 0.152. The van der Waals surface area contributed by atoms with Gasteiger partial charge in [0, 0.05) is 50.1 Å². The fourth-order valence-corrected chi connectivity index (χ4v) is 5.27. The van der Waals surface area contributed by atoms with E-state index in [1.807, 2.05) is 23.6 Å². The van der Waals surface area contributed by atoms with Crippen LogP contribution in [-0.4, -0.2) is 58.3 Å². The molecule has 146 valence electrons. The normalized spacial score (nSPS) is 16.3. The van der Waals surface area contributed by atoms with Crippen molar-refractivity contribution < 1.29 is 8.42 Å². The second kappa shape index (κ2) is 7.92. The number of hydrogen-bond donors (Lipinski definition) is 0. The molecule has 3 aromatic heterocycles. The number of thiazole rings is 1. The van der Waals surface area contributed by atoms with Gasteiger partial charge in [0.15, 0.2) is 0 Å². The molecule has 10 heteroatoms. The number of piperazine rings is 1. The summed E-state index contributed by atoms with van der Waals surface area (Å²) in [5.74, 6) is 0. The monoisotopic (exact) mass is 417 g/mol. The Bertz CT molecular complexity index is 1090. The van der Waals surface area contributed by atoms with Gasteiger partial charge in [0.25, 0.3) is 0 Å². The number of sulfonamides is 1. The second-order valence-electron chi connectivity index (χ2n) is 6.38. The molecule has 0 saturated carbocycles. The van der Waals surface area contributed by atoms with Gasteiger partial charge in [-0.15, -0.1) is 0 Å². The molecule has 0 aromatic carbocycles. The van der Waals surface area contributed by atoms with Gasteiger partial charge in [-0.3, -0.25) is 24.2 Å². The molecule has 0 spiro atoms. The summed E-state index contributed by atoms with van der Waals surface area (Å²) < 4.78 is 28.6. The van der Waals surface area contributed by atoms with Gasteiger partial charge in [0.1, 0.15) is 4.90 Å². The molecule has 0 radical (unpaired) electrons. The number of hydrogen-bond acceptors (Lipinski definition) is 7. The first-order valence-corrected chi connectivity index (χ1v) is 11.1. The van der Waals surface area contributed by atoms with Crippen LogP contribution in [0.1, 0.15) is 0 Å². The van der Waals surface area contributed by atoms with E-state index in [1.54, 1.807) is 29.1 Å². The van der Waals surface area contributed by atoms with E-state index in [1.165, 1.54) is 10.5 Å². The van der Waals surface area contributed by atoms with E-state index in [9.17, 15) is 13.2 Å². The zero-order valence-corrected chi connectivity index (χ0v) is 16.6. The Hall–Kier alpha value is -2.40.